The summed E-state index contributed by atoms with van der Waals surface area (Å²) in [6.45, 7) is 10.0. The minimum atomic E-state index is -1.80. The summed E-state index contributed by atoms with van der Waals surface area (Å²) in [6, 6.07) is 21.5. The predicted octanol–water partition coefficient (Wildman–Crippen LogP) is 3.70. The molecule has 10 nitrogen and oxygen atoms in total. The first kappa shape index (κ1) is 41.9. The molecule has 0 saturated carbocycles. The number of aliphatic carboxylic acids is 1. The van der Waals surface area contributed by atoms with Crippen LogP contribution >= 0.6 is 0 Å². The SMILES string of the molecule is CNC.Cc1cccc(C(C)(O)C(=O)N(C)C)c1.Cc1cccc(C(C)(O)C(=O)N(C)C)c1.Cc1cccc(C(C)(O)C(=O)O)c1. The number of carbonyl (C=O) groups is 3. The lowest BCUT2D eigenvalue weighted by atomic mass is 9.93. The number of nitrogens with zero attached hydrogens (tertiary/aromatic N) is 2. The molecule has 3 atom stereocenters. The zero-order valence-corrected chi connectivity index (χ0v) is 29.3. The number of carboxylic acids is 1. The van der Waals surface area contributed by atoms with Gasteiger partial charge in [-0.3, -0.25) is 9.59 Å². The normalized spacial score (nSPS) is 14.1. The lowest BCUT2D eigenvalue weighted by Gasteiger charge is -2.26. The number of nitrogens with one attached hydrogen (secondary N) is 1. The molecule has 0 aliphatic heterocycles. The number of benzene rings is 3. The van der Waals surface area contributed by atoms with Crippen LogP contribution in [0.2, 0.25) is 0 Å². The summed E-state index contributed by atoms with van der Waals surface area (Å²) >= 11 is 0. The standard InChI is InChI=1S/2C12H17NO2.C10H12O3.C2H7N/c2*1-9-6-5-7-10(8-9)12(2,15)11(14)13(3)4;1-7-4-3-5-8(6-7)10(2,13)9(11)12;1-3-2/h2*5-8,15H,1-4H3;3-6,13H,1-2H3,(H,11,12);3H,1-2H3. The smallest absolute Gasteiger partial charge is 0.340 e. The Kier molecular flexibility index (Phi) is 16.5. The van der Waals surface area contributed by atoms with Gasteiger partial charge in [-0.25, -0.2) is 4.79 Å². The van der Waals surface area contributed by atoms with Crippen LogP contribution in [0.4, 0.5) is 0 Å². The van der Waals surface area contributed by atoms with Gasteiger partial charge < -0.3 is 35.5 Å². The number of amides is 2. The Labute approximate surface area is 274 Å². The van der Waals surface area contributed by atoms with Crippen LogP contribution < -0.4 is 5.32 Å². The van der Waals surface area contributed by atoms with Crippen LogP contribution in [0.25, 0.3) is 0 Å². The third-order valence-corrected chi connectivity index (χ3v) is 6.80. The molecule has 0 heterocycles. The molecule has 0 spiro atoms. The van der Waals surface area contributed by atoms with E-state index < -0.39 is 22.8 Å². The maximum absolute atomic E-state index is 11.8. The number of hydrogen-bond acceptors (Lipinski definition) is 7. The minimum Gasteiger partial charge on any atom is -0.479 e. The molecule has 10 heteroatoms. The average Bonchev–Trinajstić information content (AvgIpc) is 2.97. The van der Waals surface area contributed by atoms with Crippen molar-refractivity contribution in [3.8, 4) is 0 Å². The number of likely N-dealkylation sites (N-methyl/N-ethyl adjacent to an activating group) is 2. The molecule has 3 rings (SSSR count). The highest BCUT2D eigenvalue weighted by molar-refractivity contribution is 5.86. The van der Waals surface area contributed by atoms with Gasteiger partial charge in [0.1, 0.15) is 0 Å². The average molecular weight is 640 g/mol. The summed E-state index contributed by atoms with van der Waals surface area (Å²) in [7, 11) is 10.3. The molecule has 2 amide bonds. The molecular formula is C36H53N3O7. The number of carboxylic acid groups (broad SMARTS) is 1. The van der Waals surface area contributed by atoms with Crippen molar-refractivity contribution in [3.63, 3.8) is 0 Å². The largest absolute Gasteiger partial charge is 0.479 e. The summed E-state index contributed by atoms with van der Waals surface area (Å²) in [6.07, 6.45) is 0. The van der Waals surface area contributed by atoms with Crippen LogP contribution in [0, 0.1) is 20.8 Å². The molecule has 3 unspecified atom stereocenters. The molecule has 3 aromatic carbocycles. The van der Waals surface area contributed by atoms with Gasteiger partial charge in [0, 0.05) is 28.2 Å². The van der Waals surface area contributed by atoms with E-state index in [9.17, 15) is 29.7 Å². The van der Waals surface area contributed by atoms with Crippen LogP contribution in [0.1, 0.15) is 54.2 Å². The second kappa shape index (κ2) is 18.2. The molecule has 46 heavy (non-hydrogen) atoms. The molecule has 0 aliphatic carbocycles. The monoisotopic (exact) mass is 639 g/mol. The maximum Gasteiger partial charge on any atom is 0.340 e. The summed E-state index contributed by atoms with van der Waals surface area (Å²) in [5.41, 5.74) is -0.0584. The van der Waals surface area contributed by atoms with E-state index >= 15 is 0 Å². The van der Waals surface area contributed by atoms with Crippen molar-refractivity contribution in [1.29, 1.82) is 0 Å². The molecule has 254 valence electrons. The van der Waals surface area contributed by atoms with Crippen molar-refractivity contribution in [2.45, 2.75) is 58.3 Å². The Hall–Kier alpha value is -4.09. The van der Waals surface area contributed by atoms with Crippen molar-refractivity contribution >= 4 is 17.8 Å². The Bertz CT molecular complexity index is 1360. The molecule has 0 aliphatic rings. The lowest BCUT2D eigenvalue weighted by Crippen LogP contribution is -2.41. The fraction of sp³-hybridized carbons (Fsp3) is 0.417. The Morgan fingerprint density at radius 1 is 0.565 bits per heavy atom. The van der Waals surface area contributed by atoms with E-state index in [-0.39, 0.29) is 11.8 Å². The van der Waals surface area contributed by atoms with E-state index in [0.717, 1.165) is 16.7 Å². The van der Waals surface area contributed by atoms with Crippen molar-refractivity contribution < 1.29 is 34.8 Å². The third-order valence-electron chi connectivity index (χ3n) is 6.80. The van der Waals surface area contributed by atoms with Crippen molar-refractivity contribution in [1.82, 2.24) is 15.1 Å². The zero-order valence-electron chi connectivity index (χ0n) is 29.3. The van der Waals surface area contributed by atoms with Gasteiger partial charge in [-0.05, 0) is 72.3 Å². The second-order valence-corrected chi connectivity index (χ2v) is 12.0. The first-order chi connectivity index (χ1) is 21.1. The Balaban J connectivity index is 0.000000634. The first-order valence-corrected chi connectivity index (χ1v) is 14.7. The lowest BCUT2D eigenvalue weighted by molar-refractivity contribution is -0.157. The van der Waals surface area contributed by atoms with Crippen molar-refractivity contribution in [2.24, 2.45) is 0 Å². The molecule has 0 aromatic heterocycles. The first-order valence-electron chi connectivity index (χ1n) is 14.7. The van der Waals surface area contributed by atoms with Gasteiger partial charge in [0.25, 0.3) is 11.8 Å². The van der Waals surface area contributed by atoms with Crippen LogP contribution in [0.15, 0.2) is 72.8 Å². The van der Waals surface area contributed by atoms with Crippen LogP contribution in [-0.2, 0) is 31.2 Å². The van der Waals surface area contributed by atoms with Gasteiger partial charge in [-0.1, -0.05) is 89.5 Å². The third kappa shape index (κ3) is 12.4. The second-order valence-electron chi connectivity index (χ2n) is 12.0. The van der Waals surface area contributed by atoms with Crippen LogP contribution in [-0.4, -0.2) is 90.3 Å². The van der Waals surface area contributed by atoms with Gasteiger partial charge >= 0.3 is 5.97 Å². The van der Waals surface area contributed by atoms with Gasteiger partial charge in [-0.2, -0.15) is 0 Å². The number of hydrogen-bond donors (Lipinski definition) is 5. The predicted molar refractivity (Wildman–Crippen MR) is 182 cm³/mol. The number of aryl methyl sites for hydroxylation is 3. The number of carbonyl (C=O) groups excluding carboxylic acids is 2. The molecule has 5 N–H and O–H groups in total. The topological polar surface area (TPSA) is 151 Å². The Morgan fingerprint density at radius 3 is 1.00 bits per heavy atom. The summed E-state index contributed by atoms with van der Waals surface area (Å²) < 4.78 is 0. The minimum absolute atomic E-state index is 0.312. The van der Waals surface area contributed by atoms with Crippen LogP contribution in [0.5, 0.6) is 0 Å². The summed E-state index contributed by atoms with van der Waals surface area (Å²) in [5.74, 6) is -1.86. The number of rotatable bonds is 6. The van der Waals surface area contributed by atoms with E-state index in [4.69, 9.17) is 5.11 Å². The number of aliphatic hydroxyl groups is 3. The zero-order chi connectivity index (χ0) is 36.0. The molecule has 3 aromatic rings. The highest BCUT2D eigenvalue weighted by Gasteiger charge is 2.35. The molecule has 0 fully saturated rings. The van der Waals surface area contributed by atoms with Gasteiger partial charge in [0.05, 0.1) is 0 Å². The quantitative estimate of drug-likeness (QED) is 0.274. The van der Waals surface area contributed by atoms with E-state index in [2.05, 4.69) is 5.32 Å². The highest BCUT2D eigenvalue weighted by atomic mass is 16.4. The van der Waals surface area contributed by atoms with Crippen molar-refractivity contribution in [3.05, 3.63) is 106 Å². The Morgan fingerprint density at radius 2 is 0.804 bits per heavy atom. The fourth-order valence-electron chi connectivity index (χ4n) is 4.08. The molecular weight excluding hydrogens is 586 g/mol. The molecule has 0 saturated heterocycles. The van der Waals surface area contributed by atoms with Gasteiger partial charge in [0.15, 0.2) is 16.8 Å². The van der Waals surface area contributed by atoms with E-state index in [0.29, 0.717) is 16.7 Å². The van der Waals surface area contributed by atoms with E-state index in [1.807, 2.05) is 77.3 Å². The molecule has 0 bridgehead atoms. The van der Waals surface area contributed by atoms with E-state index in [1.54, 1.807) is 58.5 Å². The van der Waals surface area contributed by atoms with E-state index in [1.165, 1.54) is 30.6 Å². The van der Waals surface area contributed by atoms with Gasteiger partial charge in [0.2, 0.25) is 0 Å². The van der Waals surface area contributed by atoms with Crippen LogP contribution in [0.3, 0.4) is 0 Å². The summed E-state index contributed by atoms with van der Waals surface area (Å²) in [4.78, 5) is 37.0. The maximum atomic E-state index is 11.8. The fourth-order valence-corrected chi connectivity index (χ4v) is 4.08. The van der Waals surface area contributed by atoms with Crippen molar-refractivity contribution in [2.75, 3.05) is 42.3 Å². The summed E-state index contributed by atoms with van der Waals surface area (Å²) in [5, 5.41) is 41.4. The highest BCUT2D eigenvalue weighted by Crippen LogP contribution is 2.24. The molecule has 0 radical (unpaired) electrons. The van der Waals surface area contributed by atoms with Gasteiger partial charge in [-0.15, -0.1) is 0 Å².